The van der Waals surface area contributed by atoms with Crippen molar-refractivity contribution in [2.75, 3.05) is 7.11 Å². The molecule has 0 aromatic heterocycles. The predicted octanol–water partition coefficient (Wildman–Crippen LogP) is 3.90. The summed E-state index contributed by atoms with van der Waals surface area (Å²) in [5.41, 5.74) is 2.23. The fraction of sp³-hybridized carbons (Fsp3) is 0.250. The van der Waals surface area contributed by atoms with E-state index in [2.05, 4.69) is 18.2 Å². The van der Waals surface area contributed by atoms with Crippen molar-refractivity contribution < 1.29 is 9.47 Å². The second-order valence-corrected chi connectivity index (χ2v) is 4.55. The molecular formula is C16H16O2. The topological polar surface area (TPSA) is 18.5 Å². The number of hydrogen-bond donors (Lipinski definition) is 0. The van der Waals surface area contributed by atoms with Crippen molar-refractivity contribution in [2.45, 2.75) is 18.9 Å². The molecule has 0 aliphatic heterocycles. The Balaban J connectivity index is 1.94. The largest absolute Gasteiger partial charge is 0.496 e. The van der Waals surface area contributed by atoms with Crippen LogP contribution in [0.15, 0.2) is 48.5 Å². The summed E-state index contributed by atoms with van der Waals surface area (Å²) in [6.07, 6.45) is 2.79. The molecule has 1 aliphatic carbocycles. The number of rotatable bonds is 4. The zero-order chi connectivity index (χ0) is 12.4. The predicted molar refractivity (Wildman–Crippen MR) is 72.1 cm³/mol. The zero-order valence-electron chi connectivity index (χ0n) is 10.4. The van der Waals surface area contributed by atoms with E-state index in [0.29, 0.717) is 6.10 Å². The van der Waals surface area contributed by atoms with Gasteiger partial charge in [0.05, 0.1) is 13.2 Å². The number of benzene rings is 2. The number of methoxy groups -OCH3 is 1. The maximum absolute atomic E-state index is 5.82. The lowest BCUT2D eigenvalue weighted by molar-refractivity contribution is 0.303. The molecule has 2 heteroatoms. The van der Waals surface area contributed by atoms with Crippen molar-refractivity contribution in [1.82, 2.24) is 0 Å². The van der Waals surface area contributed by atoms with Crippen LogP contribution in [-0.2, 0) is 0 Å². The van der Waals surface area contributed by atoms with Gasteiger partial charge < -0.3 is 9.47 Å². The van der Waals surface area contributed by atoms with Crippen LogP contribution in [0.2, 0.25) is 0 Å². The molecule has 2 nitrogen and oxygen atoms in total. The van der Waals surface area contributed by atoms with Crippen molar-refractivity contribution in [3.8, 4) is 22.6 Å². The molecule has 92 valence electrons. The number of ether oxygens (including phenoxy) is 2. The normalized spacial score (nSPS) is 14.3. The summed E-state index contributed by atoms with van der Waals surface area (Å²) < 4.78 is 11.2. The minimum atomic E-state index is 0.429. The first-order valence-electron chi connectivity index (χ1n) is 6.27. The number of hydrogen-bond acceptors (Lipinski definition) is 2. The van der Waals surface area contributed by atoms with Gasteiger partial charge in [-0.25, -0.2) is 0 Å². The molecule has 1 saturated carbocycles. The smallest absolute Gasteiger partial charge is 0.126 e. The Morgan fingerprint density at radius 3 is 2.61 bits per heavy atom. The average molecular weight is 240 g/mol. The van der Waals surface area contributed by atoms with Gasteiger partial charge in [0.1, 0.15) is 11.5 Å². The lowest BCUT2D eigenvalue weighted by Gasteiger charge is -2.10. The van der Waals surface area contributed by atoms with Crippen LogP contribution in [0.4, 0.5) is 0 Å². The van der Waals surface area contributed by atoms with Crippen LogP contribution in [0.3, 0.4) is 0 Å². The Kier molecular flexibility index (Phi) is 2.93. The van der Waals surface area contributed by atoms with E-state index >= 15 is 0 Å². The van der Waals surface area contributed by atoms with Crippen molar-refractivity contribution in [2.24, 2.45) is 0 Å². The van der Waals surface area contributed by atoms with Crippen LogP contribution in [0.5, 0.6) is 11.5 Å². The van der Waals surface area contributed by atoms with Gasteiger partial charge in [-0.3, -0.25) is 0 Å². The molecule has 3 rings (SSSR count). The summed E-state index contributed by atoms with van der Waals surface area (Å²) in [4.78, 5) is 0. The SMILES string of the molecule is COc1ccccc1-c1cccc(OC2CC2)c1. The third-order valence-corrected chi connectivity index (χ3v) is 3.08. The van der Waals surface area contributed by atoms with Crippen LogP contribution in [-0.4, -0.2) is 13.2 Å². The quantitative estimate of drug-likeness (QED) is 0.806. The lowest BCUT2D eigenvalue weighted by atomic mass is 10.0. The van der Waals surface area contributed by atoms with Crippen LogP contribution in [0, 0.1) is 0 Å². The second kappa shape index (κ2) is 4.73. The average Bonchev–Trinajstić information content (AvgIpc) is 3.23. The van der Waals surface area contributed by atoms with Crippen molar-refractivity contribution in [1.29, 1.82) is 0 Å². The van der Waals surface area contributed by atoms with Crippen molar-refractivity contribution in [3.63, 3.8) is 0 Å². The van der Waals surface area contributed by atoms with Gasteiger partial charge in [0.2, 0.25) is 0 Å². The first-order valence-corrected chi connectivity index (χ1v) is 6.27. The lowest BCUT2D eigenvalue weighted by Crippen LogP contribution is -1.95. The molecule has 0 radical (unpaired) electrons. The third-order valence-electron chi connectivity index (χ3n) is 3.08. The van der Waals surface area contributed by atoms with Gasteiger partial charge in [-0.2, -0.15) is 0 Å². The van der Waals surface area contributed by atoms with Gasteiger partial charge >= 0.3 is 0 Å². The highest BCUT2D eigenvalue weighted by molar-refractivity contribution is 5.71. The highest BCUT2D eigenvalue weighted by Crippen LogP contribution is 2.33. The zero-order valence-corrected chi connectivity index (χ0v) is 10.4. The minimum Gasteiger partial charge on any atom is -0.496 e. The Morgan fingerprint density at radius 1 is 1.00 bits per heavy atom. The monoisotopic (exact) mass is 240 g/mol. The van der Waals surface area contributed by atoms with Crippen molar-refractivity contribution in [3.05, 3.63) is 48.5 Å². The van der Waals surface area contributed by atoms with Gasteiger partial charge in [-0.15, -0.1) is 0 Å². The van der Waals surface area contributed by atoms with Gasteiger partial charge in [0.25, 0.3) is 0 Å². The minimum absolute atomic E-state index is 0.429. The molecule has 0 atom stereocenters. The Morgan fingerprint density at radius 2 is 1.83 bits per heavy atom. The van der Waals surface area contributed by atoms with E-state index in [1.165, 1.54) is 12.8 Å². The summed E-state index contributed by atoms with van der Waals surface area (Å²) in [6.45, 7) is 0. The third kappa shape index (κ3) is 2.33. The van der Waals surface area contributed by atoms with E-state index in [4.69, 9.17) is 9.47 Å². The standard InChI is InChI=1S/C16H16O2/c1-17-16-8-3-2-7-15(16)12-5-4-6-14(11-12)18-13-9-10-13/h2-8,11,13H,9-10H2,1H3. The fourth-order valence-electron chi connectivity index (χ4n) is 2.00. The first kappa shape index (κ1) is 11.1. The molecule has 18 heavy (non-hydrogen) atoms. The summed E-state index contributed by atoms with van der Waals surface area (Å²) in [5, 5.41) is 0. The van der Waals surface area contributed by atoms with Crippen molar-refractivity contribution >= 4 is 0 Å². The maximum Gasteiger partial charge on any atom is 0.126 e. The summed E-state index contributed by atoms with van der Waals surface area (Å²) >= 11 is 0. The maximum atomic E-state index is 5.82. The molecule has 0 heterocycles. The van der Waals surface area contributed by atoms with E-state index in [1.54, 1.807) is 7.11 Å². The first-order chi connectivity index (χ1) is 8.86. The number of para-hydroxylation sites is 1. The molecule has 2 aromatic rings. The van der Waals surface area contributed by atoms with E-state index < -0.39 is 0 Å². The molecule has 0 bridgehead atoms. The Labute approximate surface area is 107 Å². The van der Waals surface area contributed by atoms with Gasteiger partial charge in [0, 0.05) is 5.56 Å². The van der Waals surface area contributed by atoms with E-state index in [9.17, 15) is 0 Å². The van der Waals surface area contributed by atoms with Gasteiger partial charge in [0.15, 0.2) is 0 Å². The summed E-state index contributed by atoms with van der Waals surface area (Å²) in [7, 11) is 1.70. The highest BCUT2D eigenvalue weighted by Gasteiger charge is 2.23. The molecule has 1 aliphatic rings. The van der Waals surface area contributed by atoms with Gasteiger partial charge in [-0.05, 0) is 36.6 Å². The summed E-state index contributed by atoms with van der Waals surface area (Å²) in [5.74, 6) is 1.84. The van der Waals surface area contributed by atoms with Crippen LogP contribution < -0.4 is 9.47 Å². The molecule has 0 amide bonds. The highest BCUT2D eigenvalue weighted by atomic mass is 16.5. The fourth-order valence-corrected chi connectivity index (χ4v) is 2.00. The van der Waals surface area contributed by atoms with Crippen LogP contribution >= 0.6 is 0 Å². The molecule has 0 unspecified atom stereocenters. The molecular weight excluding hydrogens is 224 g/mol. The van der Waals surface area contributed by atoms with E-state index in [0.717, 1.165) is 22.6 Å². The Bertz CT molecular complexity index is 544. The van der Waals surface area contributed by atoms with E-state index in [-0.39, 0.29) is 0 Å². The summed E-state index contributed by atoms with van der Waals surface area (Å²) in [6, 6.07) is 16.2. The molecule has 0 N–H and O–H groups in total. The van der Waals surface area contributed by atoms with Crippen LogP contribution in [0.25, 0.3) is 11.1 Å². The van der Waals surface area contributed by atoms with E-state index in [1.807, 2.05) is 30.3 Å². The van der Waals surface area contributed by atoms with Crippen LogP contribution in [0.1, 0.15) is 12.8 Å². The molecule has 0 spiro atoms. The Hall–Kier alpha value is -1.96. The molecule has 2 aromatic carbocycles. The molecule has 0 saturated heterocycles. The van der Waals surface area contributed by atoms with Gasteiger partial charge in [-0.1, -0.05) is 30.3 Å². The second-order valence-electron chi connectivity index (χ2n) is 4.55. The molecule has 1 fully saturated rings.